The fourth-order valence-electron chi connectivity index (χ4n) is 4.91. The first-order valence-electron chi connectivity index (χ1n) is 14.2. The Labute approximate surface area is 255 Å². The lowest BCUT2D eigenvalue weighted by molar-refractivity contribution is -0.139. The van der Waals surface area contributed by atoms with Gasteiger partial charge in [-0.25, -0.2) is 4.79 Å². The first-order valence-corrected chi connectivity index (χ1v) is 15.6. The topological polar surface area (TPSA) is 90.0 Å². The predicted octanol–water partition coefficient (Wildman–Crippen LogP) is 5.09. The highest BCUT2D eigenvalue weighted by atomic mass is 31.1. The van der Waals surface area contributed by atoms with Crippen molar-refractivity contribution in [3.8, 4) is 0 Å². The van der Waals surface area contributed by atoms with Crippen LogP contribution in [-0.4, -0.2) is 67.9 Å². The van der Waals surface area contributed by atoms with Crippen molar-refractivity contribution >= 4 is 42.1 Å². The summed E-state index contributed by atoms with van der Waals surface area (Å²) >= 11 is 0. The maximum absolute atomic E-state index is 14.3. The molecule has 0 radical (unpaired) electrons. The molecule has 7 nitrogen and oxygen atoms in total. The first-order chi connectivity index (χ1) is 20.5. The van der Waals surface area contributed by atoms with Gasteiger partial charge in [-0.05, 0) is 62.0 Å². The van der Waals surface area contributed by atoms with Crippen LogP contribution in [0.25, 0.3) is 0 Å². The zero-order valence-corrected chi connectivity index (χ0v) is 26.5. The van der Waals surface area contributed by atoms with E-state index in [9.17, 15) is 19.2 Å². The van der Waals surface area contributed by atoms with Crippen molar-refractivity contribution in [2.24, 2.45) is 0 Å². The molecule has 0 N–H and O–H groups in total. The number of benzene rings is 3. The number of esters is 1. The van der Waals surface area contributed by atoms with E-state index in [1.54, 1.807) is 6.92 Å². The van der Waals surface area contributed by atoms with E-state index in [2.05, 4.69) is 6.58 Å². The molecule has 0 bridgehead atoms. The lowest BCUT2D eigenvalue weighted by atomic mass is 9.90. The average molecular weight is 602 g/mol. The molecule has 0 saturated heterocycles. The molecule has 1 atom stereocenters. The quantitative estimate of drug-likeness (QED) is 0.0743. The van der Waals surface area contributed by atoms with Gasteiger partial charge in [-0.3, -0.25) is 9.59 Å². The number of ether oxygens (including phenoxy) is 2. The largest absolute Gasteiger partial charge is 0.461 e. The van der Waals surface area contributed by atoms with Crippen LogP contribution in [0.4, 0.5) is 0 Å². The minimum absolute atomic E-state index is 0.0170. The molecule has 0 saturated carbocycles. The second-order valence-electron chi connectivity index (χ2n) is 10.6. The molecule has 43 heavy (non-hydrogen) atoms. The minimum Gasteiger partial charge on any atom is -0.461 e. The van der Waals surface area contributed by atoms with Gasteiger partial charge in [-0.15, -0.1) is 0 Å². The highest BCUT2D eigenvalue weighted by Gasteiger charge is 2.29. The minimum atomic E-state index is -1.38. The van der Waals surface area contributed by atoms with Crippen molar-refractivity contribution in [3.05, 3.63) is 107 Å². The number of carbonyl (C=O) groups is 4. The molecule has 0 aliphatic rings. The van der Waals surface area contributed by atoms with Crippen LogP contribution in [0, 0.1) is 20.8 Å². The second-order valence-corrected chi connectivity index (χ2v) is 12.7. The van der Waals surface area contributed by atoms with Crippen LogP contribution < -0.4 is 10.6 Å². The molecule has 0 fully saturated rings. The number of carbonyl (C=O) groups excluding carboxylic acids is 4. The zero-order chi connectivity index (χ0) is 31.5. The molecule has 0 amide bonds. The summed E-state index contributed by atoms with van der Waals surface area (Å²) in [6, 6.07) is 21.3. The van der Waals surface area contributed by atoms with Gasteiger partial charge in [0.25, 0.3) is 0 Å². The summed E-state index contributed by atoms with van der Waals surface area (Å²) in [7, 11) is 0.468. The molecule has 1 unspecified atom stereocenters. The molecule has 0 aliphatic heterocycles. The van der Waals surface area contributed by atoms with Gasteiger partial charge in [0.05, 0.1) is 6.61 Å². The third-order valence-corrected chi connectivity index (χ3v) is 9.35. The fourth-order valence-corrected chi connectivity index (χ4v) is 7.19. The lowest BCUT2D eigenvalue weighted by Gasteiger charge is -2.22. The fraction of sp³-hybridized carbons (Fsp3) is 0.314. The van der Waals surface area contributed by atoms with Gasteiger partial charge in [-0.1, -0.05) is 73.3 Å². The Morgan fingerprint density at radius 3 is 1.95 bits per heavy atom. The number of likely N-dealkylation sites (N-methyl/N-ethyl adjacent to an activating group) is 1. The highest BCUT2D eigenvalue weighted by molar-refractivity contribution is 7.88. The summed E-state index contributed by atoms with van der Waals surface area (Å²) in [5.74, 6) is -0.683. The van der Waals surface area contributed by atoms with Crippen LogP contribution in [0.15, 0.2) is 78.9 Å². The molecule has 0 spiro atoms. The first kappa shape index (κ1) is 33.7. The summed E-state index contributed by atoms with van der Waals surface area (Å²) in [6.45, 7) is 12.1. The Hall–Kier alpha value is -3.77. The SMILES string of the molecule is C=C(C)C(=O)OCCN(C)CCOC(C=O)CC(=O)c1c(C)cc(C)c(C(=O)P(c2ccccc2)c2ccccc2)c1C. The number of hydrogen-bond donors (Lipinski definition) is 0. The molecule has 3 aromatic rings. The van der Waals surface area contributed by atoms with Gasteiger partial charge in [0.2, 0.25) is 0 Å². The van der Waals surface area contributed by atoms with Crippen LogP contribution in [0.2, 0.25) is 0 Å². The Bertz CT molecular complexity index is 1410. The molecule has 3 aromatic carbocycles. The van der Waals surface area contributed by atoms with Crippen LogP contribution in [-0.2, 0) is 19.1 Å². The van der Waals surface area contributed by atoms with Gasteiger partial charge in [0.1, 0.15) is 19.0 Å². The summed E-state index contributed by atoms with van der Waals surface area (Å²) in [5.41, 5.74) is 3.53. The molecule has 3 rings (SSSR count). The highest BCUT2D eigenvalue weighted by Crippen LogP contribution is 2.40. The molecule has 226 valence electrons. The predicted molar refractivity (Wildman–Crippen MR) is 172 cm³/mol. The monoisotopic (exact) mass is 601 g/mol. The van der Waals surface area contributed by atoms with Crippen LogP contribution in [0.1, 0.15) is 50.8 Å². The number of aldehydes is 1. The van der Waals surface area contributed by atoms with E-state index >= 15 is 0 Å². The van der Waals surface area contributed by atoms with E-state index in [1.165, 1.54) is 0 Å². The van der Waals surface area contributed by atoms with Gasteiger partial charge in [0.15, 0.2) is 11.3 Å². The van der Waals surface area contributed by atoms with E-state index in [0.29, 0.717) is 41.6 Å². The van der Waals surface area contributed by atoms with Crippen LogP contribution in [0.5, 0.6) is 0 Å². The number of ketones is 1. The smallest absolute Gasteiger partial charge is 0.333 e. The third kappa shape index (κ3) is 9.11. The average Bonchev–Trinajstić information content (AvgIpc) is 2.97. The molecule has 8 heteroatoms. The standard InChI is InChI=1S/C35H40NO6P/c1-24(2)34(39)42-20-18-36(6)17-19-41-28(23-37)22-31(38)32-25(3)21-26(4)33(27(32)5)35(40)43(29-13-9-7-10-14-29)30-15-11-8-12-16-30/h7-16,21,23,28H,1,17-20,22H2,2-6H3. The van der Waals surface area contributed by atoms with Crippen molar-refractivity contribution in [2.75, 3.05) is 33.4 Å². The number of Topliss-reactive ketones (excluding diaryl/α,β-unsaturated/α-hetero) is 1. The van der Waals surface area contributed by atoms with Gasteiger partial charge in [-0.2, -0.15) is 0 Å². The Morgan fingerprint density at radius 2 is 1.42 bits per heavy atom. The van der Waals surface area contributed by atoms with Crippen molar-refractivity contribution in [2.45, 2.75) is 40.2 Å². The van der Waals surface area contributed by atoms with Crippen molar-refractivity contribution < 1.29 is 28.7 Å². The summed E-state index contributed by atoms with van der Waals surface area (Å²) < 4.78 is 10.8. The zero-order valence-electron chi connectivity index (χ0n) is 25.6. The van der Waals surface area contributed by atoms with Gasteiger partial charge >= 0.3 is 5.97 Å². The second kappa shape index (κ2) is 16.2. The van der Waals surface area contributed by atoms with Gasteiger partial charge < -0.3 is 19.2 Å². The van der Waals surface area contributed by atoms with Crippen LogP contribution >= 0.6 is 7.92 Å². The number of aryl methyl sites for hydroxylation is 2. The molecular weight excluding hydrogens is 561 g/mol. The van der Waals surface area contributed by atoms with E-state index < -0.39 is 20.0 Å². The molecule has 0 heterocycles. The van der Waals surface area contributed by atoms with E-state index in [-0.39, 0.29) is 30.9 Å². The number of rotatable bonds is 16. The Balaban J connectivity index is 1.76. The third-order valence-electron chi connectivity index (χ3n) is 7.09. The summed E-state index contributed by atoms with van der Waals surface area (Å²) in [4.78, 5) is 53.2. The van der Waals surface area contributed by atoms with Gasteiger partial charge in [0, 0.05) is 44.1 Å². The Kier molecular flexibility index (Phi) is 12.7. The van der Waals surface area contributed by atoms with Crippen molar-refractivity contribution in [1.29, 1.82) is 0 Å². The number of hydrogen-bond acceptors (Lipinski definition) is 7. The van der Waals surface area contributed by atoms with E-state index in [0.717, 1.165) is 21.7 Å². The lowest BCUT2D eigenvalue weighted by Crippen LogP contribution is -2.30. The van der Waals surface area contributed by atoms with Crippen LogP contribution in [0.3, 0.4) is 0 Å². The Morgan fingerprint density at radius 1 is 0.884 bits per heavy atom. The van der Waals surface area contributed by atoms with E-state index in [4.69, 9.17) is 9.47 Å². The summed E-state index contributed by atoms with van der Waals surface area (Å²) in [5, 5.41) is 1.88. The summed E-state index contributed by atoms with van der Waals surface area (Å²) in [6.07, 6.45) is -0.415. The van der Waals surface area contributed by atoms with Crippen molar-refractivity contribution in [1.82, 2.24) is 4.90 Å². The normalized spacial score (nSPS) is 11.8. The molecular formula is C35H40NO6P. The van der Waals surface area contributed by atoms with E-state index in [1.807, 2.05) is 99.4 Å². The molecule has 0 aromatic heterocycles. The number of nitrogens with zero attached hydrogens (tertiary/aromatic N) is 1. The molecule has 0 aliphatic carbocycles. The maximum atomic E-state index is 14.3. The maximum Gasteiger partial charge on any atom is 0.333 e. The van der Waals surface area contributed by atoms with Crippen molar-refractivity contribution in [3.63, 3.8) is 0 Å².